The smallest absolute Gasteiger partial charge is 0.263 e. The number of amides is 1. The lowest BCUT2D eigenvalue weighted by Gasteiger charge is -2.29. The van der Waals surface area contributed by atoms with Gasteiger partial charge in [0.1, 0.15) is 11.4 Å². The second-order valence-electron chi connectivity index (χ2n) is 6.61. The summed E-state index contributed by atoms with van der Waals surface area (Å²) >= 11 is 0. The summed E-state index contributed by atoms with van der Waals surface area (Å²) in [5, 5.41) is 0. The molecule has 0 bridgehead atoms. The second-order valence-corrected chi connectivity index (χ2v) is 6.61. The molecule has 5 heteroatoms. The van der Waals surface area contributed by atoms with Gasteiger partial charge in [0.25, 0.3) is 5.91 Å². The molecule has 130 valence electrons. The predicted molar refractivity (Wildman–Crippen MR) is 104 cm³/mol. The lowest BCUT2D eigenvalue weighted by Crippen LogP contribution is -2.27. The Balaban J connectivity index is 1.98. The lowest BCUT2D eigenvalue weighted by molar-refractivity contribution is 0.0993. The number of carbonyl (C=O) groups is 1. The molecule has 0 aliphatic carbocycles. The SMILES string of the molecule is CC(C)N1c2ccccc2N(C)C(=O)c2cnc(-c3ccccc3)nc21. The maximum atomic E-state index is 13.0. The quantitative estimate of drug-likeness (QED) is 0.696. The van der Waals surface area contributed by atoms with Gasteiger partial charge in [-0.2, -0.15) is 0 Å². The van der Waals surface area contributed by atoms with Crippen molar-refractivity contribution in [3.63, 3.8) is 0 Å². The Morgan fingerprint density at radius 3 is 2.27 bits per heavy atom. The van der Waals surface area contributed by atoms with E-state index in [0.717, 1.165) is 16.9 Å². The molecular formula is C21H20N4O. The molecule has 3 aromatic rings. The van der Waals surface area contributed by atoms with Crippen molar-refractivity contribution in [2.24, 2.45) is 0 Å². The van der Waals surface area contributed by atoms with Crippen LogP contribution in [0.5, 0.6) is 0 Å². The fourth-order valence-electron chi connectivity index (χ4n) is 3.31. The van der Waals surface area contributed by atoms with E-state index in [2.05, 4.69) is 23.7 Å². The molecule has 0 saturated heterocycles. The molecule has 4 rings (SSSR count). The molecule has 5 nitrogen and oxygen atoms in total. The van der Waals surface area contributed by atoms with Crippen LogP contribution in [-0.4, -0.2) is 29.0 Å². The molecule has 0 unspecified atom stereocenters. The minimum atomic E-state index is -0.102. The van der Waals surface area contributed by atoms with Crippen LogP contribution in [0.4, 0.5) is 17.2 Å². The van der Waals surface area contributed by atoms with Crippen molar-refractivity contribution in [3.05, 3.63) is 66.4 Å². The fraction of sp³-hybridized carbons (Fsp3) is 0.190. The van der Waals surface area contributed by atoms with Crippen LogP contribution < -0.4 is 9.80 Å². The third-order valence-electron chi connectivity index (χ3n) is 4.58. The summed E-state index contributed by atoms with van der Waals surface area (Å²) in [6.45, 7) is 4.20. The molecule has 0 saturated carbocycles. The van der Waals surface area contributed by atoms with Gasteiger partial charge in [-0.25, -0.2) is 9.97 Å². The number of aromatic nitrogens is 2. The van der Waals surface area contributed by atoms with Gasteiger partial charge in [0.15, 0.2) is 5.82 Å². The van der Waals surface area contributed by atoms with E-state index in [-0.39, 0.29) is 11.9 Å². The summed E-state index contributed by atoms with van der Waals surface area (Å²) < 4.78 is 0. The number of hydrogen-bond acceptors (Lipinski definition) is 4. The highest BCUT2D eigenvalue weighted by Gasteiger charge is 2.32. The molecule has 1 amide bonds. The molecule has 0 spiro atoms. The number of para-hydroxylation sites is 2. The van der Waals surface area contributed by atoms with Crippen molar-refractivity contribution in [2.45, 2.75) is 19.9 Å². The largest absolute Gasteiger partial charge is 0.321 e. The number of carbonyl (C=O) groups excluding carboxylic acids is 1. The highest BCUT2D eigenvalue weighted by atomic mass is 16.2. The molecule has 0 atom stereocenters. The van der Waals surface area contributed by atoms with Gasteiger partial charge < -0.3 is 9.80 Å². The van der Waals surface area contributed by atoms with Gasteiger partial charge in [-0.15, -0.1) is 0 Å². The van der Waals surface area contributed by atoms with E-state index < -0.39 is 0 Å². The number of fused-ring (bicyclic) bond motifs is 2. The Hall–Kier alpha value is -3.21. The predicted octanol–water partition coefficient (Wildman–Crippen LogP) is 4.28. The zero-order valence-corrected chi connectivity index (χ0v) is 15.0. The van der Waals surface area contributed by atoms with Crippen molar-refractivity contribution >= 4 is 23.1 Å². The van der Waals surface area contributed by atoms with Crippen molar-refractivity contribution < 1.29 is 4.79 Å². The van der Waals surface area contributed by atoms with Gasteiger partial charge in [-0.05, 0) is 26.0 Å². The first-order valence-electron chi connectivity index (χ1n) is 8.66. The molecule has 0 radical (unpaired) electrons. The normalized spacial score (nSPS) is 13.5. The Morgan fingerprint density at radius 2 is 1.58 bits per heavy atom. The van der Waals surface area contributed by atoms with Gasteiger partial charge in [-0.3, -0.25) is 4.79 Å². The number of benzene rings is 2. The van der Waals surface area contributed by atoms with E-state index >= 15 is 0 Å². The standard InChI is InChI=1S/C21H20N4O/c1-14(2)25-18-12-8-7-11-17(18)24(3)21(26)16-13-22-19(23-20(16)25)15-9-5-4-6-10-15/h4-14H,1-3H3. The van der Waals surface area contributed by atoms with Crippen LogP contribution in [-0.2, 0) is 0 Å². The van der Waals surface area contributed by atoms with Crippen molar-refractivity contribution in [1.82, 2.24) is 9.97 Å². The van der Waals surface area contributed by atoms with Crippen LogP contribution in [0.2, 0.25) is 0 Å². The van der Waals surface area contributed by atoms with Crippen molar-refractivity contribution in [3.8, 4) is 11.4 Å². The highest BCUT2D eigenvalue weighted by Crippen LogP contribution is 2.40. The van der Waals surface area contributed by atoms with Crippen molar-refractivity contribution in [2.75, 3.05) is 16.8 Å². The summed E-state index contributed by atoms with van der Waals surface area (Å²) in [5.74, 6) is 1.16. The van der Waals surface area contributed by atoms with Crippen LogP contribution >= 0.6 is 0 Å². The molecule has 1 aliphatic heterocycles. The van der Waals surface area contributed by atoms with E-state index in [0.29, 0.717) is 17.2 Å². The summed E-state index contributed by atoms with van der Waals surface area (Å²) in [6, 6.07) is 17.9. The monoisotopic (exact) mass is 344 g/mol. The average molecular weight is 344 g/mol. The summed E-state index contributed by atoms with van der Waals surface area (Å²) in [5.41, 5.74) is 3.27. The van der Waals surface area contributed by atoms with Crippen LogP contribution in [0.25, 0.3) is 11.4 Å². The summed E-state index contributed by atoms with van der Waals surface area (Å²) in [7, 11) is 1.79. The van der Waals surface area contributed by atoms with Gasteiger partial charge in [-0.1, -0.05) is 42.5 Å². The van der Waals surface area contributed by atoms with Crippen LogP contribution in [0.1, 0.15) is 24.2 Å². The zero-order chi connectivity index (χ0) is 18.3. The first-order chi connectivity index (χ1) is 12.6. The molecule has 0 N–H and O–H groups in total. The number of rotatable bonds is 2. The maximum Gasteiger partial charge on any atom is 0.263 e. The van der Waals surface area contributed by atoms with Gasteiger partial charge in [0.05, 0.1) is 11.4 Å². The maximum absolute atomic E-state index is 13.0. The lowest BCUT2D eigenvalue weighted by atomic mass is 10.1. The summed E-state index contributed by atoms with van der Waals surface area (Å²) in [6.07, 6.45) is 1.64. The Kier molecular flexibility index (Phi) is 3.92. The highest BCUT2D eigenvalue weighted by molar-refractivity contribution is 6.13. The second kappa shape index (κ2) is 6.26. The van der Waals surface area contributed by atoms with Crippen LogP contribution in [0, 0.1) is 0 Å². The third-order valence-corrected chi connectivity index (χ3v) is 4.58. The van der Waals surface area contributed by atoms with Crippen molar-refractivity contribution in [1.29, 1.82) is 0 Å². The zero-order valence-electron chi connectivity index (χ0n) is 15.0. The van der Waals surface area contributed by atoms with E-state index in [4.69, 9.17) is 4.98 Å². The van der Waals surface area contributed by atoms with E-state index in [1.54, 1.807) is 18.1 Å². The molecule has 1 aromatic heterocycles. The van der Waals surface area contributed by atoms with Crippen LogP contribution in [0.3, 0.4) is 0 Å². The third kappa shape index (κ3) is 2.52. The minimum absolute atomic E-state index is 0.102. The number of hydrogen-bond donors (Lipinski definition) is 0. The molecule has 0 fully saturated rings. The van der Waals surface area contributed by atoms with E-state index in [1.807, 2.05) is 54.6 Å². The number of nitrogens with zero attached hydrogens (tertiary/aromatic N) is 4. The number of anilines is 3. The molecular weight excluding hydrogens is 324 g/mol. The summed E-state index contributed by atoms with van der Waals surface area (Å²) in [4.78, 5) is 26.1. The van der Waals surface area contributed by atoms with E-state index in [1.165, 1.54) is 0 Å². The fourth-order valence-corrected chi connectivity index (χ4v) is 3.31. The van der Waals surface area contributed by atoms with Gasteiger partial charge in [0, 0.05) is 24.8 Å². The average Bonchev–Trinajstić information content (AvgIpc) is 2.76. The molecule has 1 aliphatic rings. The van der Waals surface area contributed by atoms with Gasteiger partial charge >= 0.3 is 0 Å². The minimum Gasteiger partial charge on any atom is -0.321 e. The van der Waals surface area contributed by atoms with Crippen LogP contribution in [0.15, 0.2) is 60.8 Å². The molecule has 2 aromatic carbocycles. The first kappa shape index (κ1) is 16.3. The van der Waals surface area contributed by atoms with E-state index in [9.17, 15) is 4.79 Å². The van der Waals surface area contributed by atoms with Gasteiger partial charge in [0.2, 0.25) is 0 Å². The Labute approximate surface area is 152 Å². The first-order valence-corrected chi connectivity index (χ1v) is 8.66. The Bertz CT molecular complexity index is 969. The topological polar surface area (TPSA) is 49.3 Å². The molecule has 2 heterocycles. The Morgan fingerprint density at radius 1 is 0.923 bits per heavy atom. The molecule has 26 heavy (non-hydrogen) atoms.